The number of rotatable bonds is 0. The van der Waals surface area contributed by atoms with Gasteiger partial charge in [-0.25, -0.2) is 0 Å². The molecule has 0 unspecified atom stereocenters. The third kappa shape index (κ3) is 2.68. The van der Waals surface area contributed by atoms with E-state index < -0.39 is 36.5 Å². The minimum atomic E-state index is -1.44. The van der Waals surface area contributed by atoms with E-state index in [1.165, 1.54) is 0 Å². The van der Waals surface area contributed by atoms with Crippen molar-refractivity contribution in [3.8, 4) is 0 Å². The van der Waals surface area contributed by atoms with Crippen molar-refractivity contribution in [1.82, 2.24) is 0 Å². The first kappa shape index (κ1) is 16.8. The van der Waals surface area contributed by atoms with Gasteiger partial charge in [0.15, 0.2) is 0 Å². The molecule has 0 bridgehead atoms. The molecule has 0 aliphatic heterocycles. The number of aliphatic hydroxyl groups excluding tert-OH is 4. The quantitative estimate of drug-likeness (QED) is 0.271. The Kier molecular flexibility index (Phi) is 7.23. The Labute approximate surface area is 93.7 Å². The molecule has 0 heterocycles. The van der Waals surface area contributed by atoms with Crippen molar-refractivity contribution in [2.75, 3.05) is 0 Å². The van der Waals surface area contributed by atoms with E-state index in [1.807, 2.05) is 0 Å². The zero-order chi connectivity index (χ0) is 9.46. The fraction of sp³-hybridized carbons (Fsp3) is 1.00. The van der Waals surface area contributed by atoms with Crippen LogP contribution in [-0.2, 0) is 0 Å². The van der Waals surface area contributed by atoms with Crippen molar-refractivity contribution < 1.29 is 20.4 Å². The van der Waals surface area contributed by atoms with Gasteiger partial charge in [0.05, 0.1) is 24.3 Å². The summed E-state index contributed by atoms with van der Waals surface area (Å²) in [5.41, 5.74) is 10.7. The maximum atomic E-state index is 9.18. The molecule has 1 rings (SSSR count). The van der Waals surface area contributed by atoms with Gasteiger partial charge < -0.3 is 31.9 Å². The van der Waals surface area contributed by atoms with Crippen LogP contribution in [0, 0.1) is 0 Å². The first-order valence-electron chi connectivity index (χ1n) is 3.70. The topological polar surface area (TPSA) is 133 Å². The lowest BCUT2D eigenvalue weighted by Gasteiger charge is -2.40. The summed E-state index contributed by atoms with van der Waals surface area (Å²) >= 11 is 0. The normalized spacial score (nSPS) is 47.6. The molecule has 0 aromatic carbocycles. The summed E-state index contributed by atoms with van der Waals surface area (Å²) in [5, 5.41) is 36.6. The Balaban J connectivity index is 0. The van der Waals surface area contributed by atoms with Gasteiger partial charge in [-0.1, -0.05) is 0 Å². The van der Waals surface area contributed by atoms with Gasteiger partial charge in [0.1, 0.15) is 12.2 Å². The molecule has 1 aliphatic carbocycles. The summed E-state index contributed by atoms with van der Waals surface area (Å²) in [6, 6.07) is -1.84. The molecule has 0 saturated heterocycles. The Bertz CT molecular complexity index is 117. The lowest BCUT2D eigenvalue weighted by molar-refractivity contribution is -0.149. The second kappa shape index (κ2) is 6.04. The molecule has 1 aliphatic rings. The summed E-state index contributed by atoms with van der Waals surface area (Å²) in [4.78, 5) is 0. The lowest BCUT2D eigenvalue weighted by atomic mass is 9.82. The van der Waals surface area contributed by atoms with E-state index in [4.69, 9.17) is 21.7 Å². The zero-order valence-corrected chi connectivity index (χ0v) is 8.86. The third-order valence-electron chi connectivity index (χ3n) is 2.28. The van der Waals surface area contributed by atoms with E-state index in [-0.39, 0.29) is 24.8 Å². The molecule has 6 nitrogen and oxygen atoms in total. The number of hydrogen-bond donors (Lipinski definition) is 6. The van der Waals surface area contributed by atoms with Crippen LogP contribution in [0.5, 0.6) is 0 Å². The molecule has 1 fully saturated rings. The number of nitrogens with two attached hydrogens (primary N) is 2. The Morgan fingerprint density at radius 2 is 0.786 bits per heavy atom. The van der Waals surface area contributed by atoms with Gasteiger partial charge >= 0.3 is 0 Å². The Morgan fingerprint density at radius 1 is 0.571 bits per heavy atom. The van der Waals surface area contributed by atoms with E-state index in [0.29, 0.717) is 0 Å². The van der Waals surface area contributed by atoms with E-state index in [1.54, 1.807) is 0 Å². The highest BCUT2D eigenvalue weighted by Gasteiger charge is 2.45. The highest BCUT2D eigenvalue weighted by atomic mass is 35.5. The largest absolute Gasteiger partial charge is 0.389 e. The molecule has 0 aromatic heterocycles. The average molecular weight is 251 g/mol. The SMILES string of the molecule is Cl.Cl.N[C@@H]1[C@H](N)[C@H](O)[C@@H](O)[C@H](O)[C@H]1O. The van der Waals surface area contributed by atoms with Gasteiger partial charge in [-0.2, -0.15) is 0 Å². The van der Waals surface area contributed by atoms with Crippen molar-refractivity contribution in [1.29, 1.82) is 0 Å². The van der Waals surface area contributed by atoms with Crippen LogP contribution in [0.2, 0.25) is 0 Å². The van der Waals surface area contributed by atoms with Crippen LogP contribution in [-0.4, -0.2) is 56.9 Å². The van der Waals surface area contributed by atoms with Crippen LogP contribution in [0.1, 0.15) is 0 Å². The maximum Gasteiger partial charge on any atom is 0.110 e. The number of halogens is 2. The monoisotopic (exact) mass is 250 g/mol. The predicted octanol–water partition coefficient (Wildman–Crippen LogP) is -3.06. The minimum Gasteiger partial charge on any atom is -0.389 e. The van der Waals surface area contributed by atoms with Gasteiger partial charge in [-0.15, -0.1) is 24.8 Å². The smallest absolute Gasteiger partial charge is 0.110 e. The molecule has 1 saturated carbocycles. The van der Waals surface area contributed by atoms with Gasteiger partial charge in [0.2, 0.25) is 0 Å². The number of aliphatic hydroxyl groups is 4. The van der Waals surface area contributed by atoms with Crippen molar-refractivity contribution in [3.05, 3.63) is 0 Å². The summed E-state index contributed by atoms with van der Waals surface area (Å²) in [6.07, 6.45) is -5.46. The molecule has 0 amide bonds. The van der Waals surface area contributed by atoms with E-state index in [0.717, 1.165) is 0 Å². The Hall–Kier alpha value is 0.340. The predicted molar refractivity (Wildman–Crippen MR) is 54.5 cm³/mol. The molecule has 0 aromatic rings. The molecular formula is C6H16Cl2N2O4. The molecule has 0 radical (unpaired) electrons. The van der Waals surface area contributed by atoms with Gasteiger partial charge in [0, 0.05) is 0 Å². The highest BCUT2D eigenvalue weighted by molar-refractivity contribution is 5.85. The van der Waals surface area contributed by atoms with Crippen LogP contribution in [0.4, 0.5) is 0 Å². The summed E-state index contributed by atoms with van der Waals surface area (Å²) in [6.45, 7) is 0. The molecule has 6 atom stereocenters. The van der Waals surface area contributed by atoms with Crippen LogP contribution in [0.3, 0.4) is 0 Å². The summed E-state index contributed by atoms with van der Waals surface area (Å²) < 4.78 is 0. The first-order valence-corrected chi connectivity index (χ1v) is 3.70. The number of hydrogen-bond acceptors (Lipinski definition) is 6. The van der Waals surface area contributed by atoms with Crippen molar-refractivity contribution in [3.63, 3.8) is 0 Å². The zero-order valence-electron chi connectivity index (χ0n) is 7.22. The molecular weight excluding hydrogens is 235 g/mol. The third-order valence-corrected chi connectivity index (χ3v) is 2.28. The second-order valence-electron chi connectivity index (χ2n) is 3.12. The fourth-order valence-corrected chi connectivity index (χ4v) is 1.31. The average Bonchev–Trinajstić information content (AvgIpc) is 2.08. The summed E-state index contributed by atoms with van der Waals surface area (Å²) in [7, 11) is 0. The van der Waals surface area contributed by atoms with Crippen molar-refractivity contribution in [2.45, 2.75) is 36.5 Å². The first-order chi connectivity index (χ1) is 5.46. The van der Waals surface area contributed by atoms with E-state index in [9.17, 15) is 10.2 Å². The van der Waals surface area contributed by atoms with Crippen molar-refractivity contribution >= 4 is 24.8 Å². The molecule has 14 heavy (non-hydrogen) atoms. The van der Waals surface area contributed by atoms with E-state index in [2.05, 4.69) is 0 Å². The molecule has 88 valence electrons. The molecule has 8 heteroatoms. The van der Waals surface area contributed by atoms with Crippen LogP contribution >= 0.6 is 24.8 Å². The van der Waals surface area contributed by atoms with E-state index >= 15 is 0 Å². The molecule has 0 spiro atoms. The fourth-order valence-electron chi connectivity index (χ4n) is 1.31. The highest BCUT2D eigenvalue weighted by Crippen LogP contribution is 2.18. The van der Waals surface area contributed by atoms with Crippen molar-refractivity contribution in [2.24, 2.45) is 11.5 Å². The molecule has 8 N–H and O–H groups in total. The van der Waals surface area contributed by atoms with Gasteiger partial charge in [0.25, 0.3) is 0 Å². The standard InChI is InChI=1S/C6H14N2O4.2ClH/c7-1-2(8)4(10)6(12)5(11)3(1)9;;/h1-6,9-12H,7-8H2;2*1H/t1-,2+,3-,4-,5+,6+;;/m0../s1. The van der Waals surface area contributed by atoms with Crippen LogP contribution in [0.25, 0.3) is 0 Å². The minimum absolute atomic E-state index is 0. The van der Waals surface area contributed by atoms with Crippen LogP contribution < -0.4 is 11.5 Å². The summed E-state index contributed by atoms with van der Waals surface area (Å²) in [5.74, 6) is 0. The second-order valence-corrected chi connectivity index (χ2v) is 3.12. The van der Waals surface area contributed by atoms with Gasteiger partial charge in [-0.3, -0.25) is 0 Å². The maximum absolute atomic E-state index is 9.18. The van der Waals surface area contributed by atoms with Crippen LogP contribution in [0.15, 0.2) is 0 Å². The van der Waals surface area contributed by atoms with Gasteiger partial charge in [-0.05, 0) is 0 Å². The lowest BCUT2D eigenvalue weighted by Crippen LogP contribution is -2.69. The Morgan fingerprint density at radius 3 is 1.00 bits per heavy atom.